The molecule has 0 aromatic carbocycles. The van der Waals surface area contributed by atoms with Crippen molar-refractivity contribution in [3.63, 3.8) is 0 Å². The maximum Gasteiger partial charge on any atom is 0.317 e. The summed E-state index contributed by atoms with van der Waals surface area (Å²) >= 11 is 1.68. The Bertz CT molecular complexity index is 558. The van der Waals surface area contributed by atoms with Gasteiger partial charge in [-0.15, -0.1) is 0 Å². The molecule has 1 heterocycles. The van der Waals surface area contributed by atoms with Crippen molar-refractivity contribution < 1.29 is 14.7 Å². The maximum absolute atomic E-state index is 12.6. The first kappa shape index (κ1) is 19.7. The summed E-state index contributed by atoms with van der Waals surface area (Å²) in [6.45, 7) is 7.51. The minimum Gasteiger partial charge on any atom is -0.480 e. The molecule has 0 saturated heterocycles. The molecule has 1 aromatic heterocycles. The van der Waals surface area contributed by atoms with Gasteiger partial charge in [0.15, 0.2) is 0 Å². The van der Waals surface area contributed by atoms with Crippen molar-refractivity contribution in [3.05, 3.63) is 22.4 Å². The Morgan fingerprint density at radius 2 is 2.08 bits per heavy atom. The molecule has 2 rings (SSSR count). The van der Waals surface area contributed by atoms with Crippen molar-refractivity contribution in [2.75, 3.05) is 19.6 Å². The molecule has 2 N–H and O–H groups in total. The fraction of sp³-hybridized carbons (Fsp3) is 0.667. The average molecular weight is 368 g/mol. The SMILES string of the molecule is CCN(CC(=O)O)C1CC(NC(=O)N(CC)C(C)Cc2ccsc2)C1. The van der Waals surface area contributed by atoms with E-state index in [1.807, 2.05) is 23.6 Å². The Kier molecular flexibility index (Phi) is 7.25. The first-order chi connectivity index (χ1) is 11.9. The number of carbonyl (C=O) groups is 2. The molecule has 7 heteroatoms. The molecule has 1 aromatic rings. The van der Waals surface area contributed by atoms with Gasteiger partial charge in [0.2, 0.25) is 0 Å². The zero-order chi connectivity index (χ0) is 18.4. The number of nitrogens with zero attached hydrogens (tertiary/aromatic N) is 2. The second kappa shape index (κ2) is 9.20. The molecule has 0 bridgehead atoms. The quantitative estimate of drug-likeness (QED) is 0.704. The highest BCUT2D eigenvalue weighted by atomic mass is 32.1. The van der Waals surface area contributed by atoms with E-state index in [4.69, 9.17) is 5.11 Å². The Balaban J connectivity index is 1.79. The van der Waals surface area contributed by atoms with E-state index in [-0.39, 0.29) is 30.7 Å². The van der Waals surface area contributed by atoms with Crippen LogP contribution >= 0.6 is 11.3 Å². The van der Waals surface area contributed by atoms with E-state index in [1.165, 1.54) is 5.56 Å². The molecular formula is C18H29N3O3S. The number of carboxylic acids is 1. The summed E-state index contributed by atoms with van der Waals surface area (Å²) in [5.41, 5.74) is 1.26. The van der Waals surface area contributed by atoms with Crippen LogP contribution in [0.3, 0.4) is 0 Å². The number of carbonyl (C=O) groups excluding carboxylic acids is 1. The highest BCUT2D eigenvalue weighted by molar-refractivity contribution is 7.07. The number of thiophene rings is 1. The van der Waals surface area contributed by atoms with Gasteiger partial charge >= 0.3 is 12.0 Å². The van der Waals surface area contributed by atoms with Gasteiger partial charge in [-0.1, -0.05) is 6.92 Å². The van der Waals surface area contributed by atoms with E-state index in [1.54, 1.807) is 11.3 Å². The molecule has 1 unspecified atom stereocenters. The van der Waals surface area contributed by atoms with Gasteiger partial charge in [-0.2, -0.15) is 11.3 Å². The number of likely N-dealkylation sites (N-methyl/N-ethyl adjacent to an activating group) is 2. The van der Waals surface area contributed by atoms with Gasteiger partial charge < -0.3 is 15.3 Å². The topological polar surface area (TPSA) is 72.9 Å². The molecule has 140 valence electrons. The monoisotopic (exact) mass is 367 g/mol. The molecule has 0 aliphatic heterocycles. The summed E-state index contributed by atoms with van der Waals surface area (Å²) in [6, 6.07) is 2.63. The number of aliphatic carboxylic acids is 1. The Morgan fingerprint density at radius 3 is 2.60 bits per heavy atom. The minimum absolute atomic E-state index is 0.0186. The van der Waals surface area contributed by atoms with E-state index >= 15 is 0 Å². The molecule has 25 heavy (non-hydrogen) atoms. The second-order valence-corrected chi connectivity index (χ2v) is 7.48. The number of carboxylic acid groups (broad SMARTS) is 1. The van der Waals surface area contributed by atoms with Crippen LogP contribution in [-0.4, -0.2) is 64.7 Å². The number of rotatable bonds is 9. The third-order valence-corrected chi connectivity index (χ3v) is 5.68. The third-order valence-electron chi connectivity index (χ3n) is 4.95. The van der Waals surface area contributed by atoms with Crippen LogP contribution < -0.4 is 5.32 Å². The fourth-order valence-electron chi connectivity index (χ4n) is 3.45. The van der Waals surface area contributed by atoms with Crippen LogP contribution in [0.4, 0.5) is 4.79 Å². The summed E-state index contributed by atoms with van der Waals surface area (Å²) in [5.74, 6) is -0.797. The Labute approximate surface area is 153 Å². The average Bonchev–Trinajstić information content (AvgIpc) is 3.01. The molecule has 1 fully saturated rings. The third kappa shape index (κ3) is 5.44. The summed E-state index contributed by atoms with van der Waals surface area (Å²) in [5, 5.41) is 16.2. The van der Waals surface area contributed by atoms with Crippen LogP contribution in [0.2, 0.25) is 0 Å². The molecule has 1 aliphatic rings. The van der Waals surface area contributed by atoms with Gasteiger partial charge in [0.1, 0.15) is 0 Å². The molecule has 1 aliphatic carbocycles. The number of nitrogens with one attached hydrogen (secondary N) is 1. The molecule has 2 amide bonds. The van der Waals surface area contributed by atoms with Gasteiger partial charge in [0.05, 0.1) is 6.54 Å². The lowest BCUT2D eigenvalue weighted by atomic mass is 9.85. The maximum atomic E-state index is 12.6. The van der Waals surface area contributed by atoms with E-state index in [2.05, 4.69) is 29.1 Å². The van der Waals surface area contributed by atoms with Crippen molar-refractivity contribution in [2.24, 2.45) is 0 Å². The van der Waals surface area contributed by atoms with Crippen molar-refractivity contribution in [1.29, 1.82) is 0 Å². The highest BCUT2D eigenvalue weighted by Gasteiger charge is 2.35. The number of amides is 2. The van der Waals surface area contributed by atoms with Crippen LogP contribution in [0.15, 0.2) is 16.8 Å². The lowest BCUT2D eigenvalue weighted by molar-refractivity contribution is -0.139. The second-order valence-electron chi connectivity index (χ2n) is 6.70. The van der Waals surface area contributed by atoms with Gasteiger partial charge in [0, 0.05) is 24.7 Å². The molecule has 1 atom stereocenters. The van der Waals surface area contributed by atoms with Crippen LogP contribution in [0.25, 0.3) is 0 Å². The zero-order valence-corrected chi connectivity index (χ0v) is 16.1. The zero-order valence-electron chi connectivity index (χ0n) is 15.3. The standard InChI is InChI=1S/C18H29N3O3S/c1-4-20(11-17(22)23)16-9-15(10-16)19-18(24)21(5-2)13(3)8-14-6-7-25-12-14/h6-7,12-13,15-16H,4-5,8-11H2,1-3H3,(H,19,24)(H,22,23). The molecule has 6 nitrogen and oxygen atoms in total. The van der Waals surface area contributed by atoms with E-state index < -0.39 is 5.97 Å². The van der Waals surface area contributed by atoms with Gasteiger partial charge in [-0.05, 0) is 62.0 Å². The summed E-state index contributed by atoms with van der Waals surface area (Å²) in [4.78, 5) is 27.3. The van der Waals surface area contributed by atoms with Crippen LogP contribution in [0.5, 0.6) is 0 Å². The van der Waals surface area contributed by atoms with Crippen LogP contribution in [0.1, 0.15) is 39.2 Å². The van der Waals surface area contributed by atoms with Crippen LogP contribution in [-0.2, 0) is 11.2 Å². The molecular weight excluding hydrogens is 338 g/mol. The van der Waals surface area contributed by atoms with Gasteiger partial charge in [-0.3, -0.25) is 9.69 Å². The largest absolute Gasteiger partial charge is 0.480 e. The lowest BCUT2D eigenvalue weighted by Gasteiger charge is -2.43. The normalized spacial score (nSPS) is 20.8. The highest BCUT2D eigenvalue weighted by Crippen LogP contribution is 2.26. The van der Waals surface area contributed by atoms with Crippen molar-refractivity contribution in [2.45, 2.75) is 58.2 Å². The van der Waals surface area contributed by atoms with Gasteiger partial charge in [0.25, 0.3) is 0 Å². The number of urea groups is 1. The first-order valence-corrected chi connectivity index (χ1v) is 9.92. The fourth-order valence-corrected chi connectivity index (χ4v) is 4.13. The van der Waals surface area contributed by atoms with Crippen molar-refractivity contribution >= 4 is 23.3 Å². The van der Waals surface area contributed by atoms with Crippen molar-refractivity contribution in [1.82, 2.24) is 15.1 Å². The smallest absolute Gasteiger partial charge is 0.317 e. The summed E-state index contributed by atoms with van der Waals surface area (Å²) < 4.78 is 0. The minimum atomic E-state index is -0.797. The Hall–Kier alpha value is -1.60. The molecule has 1 saturated carbocycles. The summed E-state index contributed by atoms with van der Waals surface area (Å²) in [6.07, 6.45) is 2.51. The number of hydrogen-bond donors (Lipinski definition) is 2. The van der Waals surface area contributed by atoms with Crippen LogP contribution in [0, 0.1) is 0 Å². The summed E-state index contributed by atoms with van der Waals surface area (Å²) in [7, 11) is 0. The predicted octanol–water partition coefficient (Wildman–Crippen LogP) is 2.65. The van der Waals surface area contributed by atoms with E-state index in [9.17, 15) is 9.59 Å². The molecule has 0 radical (unpaired) electrons. The Morgan fingerprint density at radius 1 is 1.36 bits per heavy atom. The van der Waals surface area contributed by atoms with E-state index in [0.717, 1.165) is 25.8 Å². The number of hydrogen-bond acceptors (Lipinski definition) is 4. The predicted molar refractivity (Wildman–Crippen MR) is 100 cm³/mol. The van der Waals surface area contributed by atoms with Gasteiger partial charge in [-0.25, -0.2) is 4.79 Å². The lowest BCUT2D eigenvalue weighted by Crippen LogP contribution is -2.57. The first-order valence-electron chi connectivity index (χ1n) is 8.98. The van der Waals surface area contributed by atoms with E-state index in [0.29, 0.717) is 6.54 Å². The van der Waals surface area contributed by atoms with Crippen molar-refractivity contribution in [3.8, 4) is 0 Å². The molecule has 0 spiro atoms.